The summed E-state index contributed by atoms with van der Waals surface area (Å²) in [6, 6.07) is 2.11. The molecule has 1 amide bonds. The van der Waals surface area contributed by atoms with Gasteiger partial charge in [-0.2, -0.15) is 0 Å². The Morgan fingerprint density at radius 1 is 1.53 bits per heavy atom. The van der Waals surface area contributed by atoms with Crippen LogP contribution in [0.25, 0.3) is 0 Å². The fourth-order valence-corrected chi connectivity index (χ4v) is 3.50. The van der Waals surface area contributed by atoms with Crippen LogP contribution in [0.3, 0.4) is 0 Å². The Labute approximate surface area is 114 Å². The monoisotopic (exact) mass is 316 g/mol. The zero-order chi connectivity index (χ0) is 12.3. The lowest BCUT2D eigenvalue weighted by atomic mass is 9.84. The van der Waals surface area contributed by atoms with Crippen molar-refractivity contribution in [3.63, 3.8) is 0 Å². The largest absolute Gasteiger partial charge is 0.349 e. The van der Waals surface area contributed by atoms with Gasteiger partial charge in [-0.15, -0.1) is 11.3 Å². The molecule has 5 heteroatoms. The number of carbonyl (C=O) groups is 1. The number of carbonyl (C=O) groups excluding carboxylic acids is 1. The van der Waals surface area contributed by atoms with Crippen LogP contribution < -0.4 is 11.1 Å². The molecule has 17 heavy (non-hydrogen) atoms. The van der Waals surface area contributed by atoms with Gasteiger partial charge < -0.3 is 11.1 Å². The van der Waals surface area contributed by atoms with Crippen molar-refractivity contribution in [2.24, 2.45) is 11.7 Å². The van der Waals surface area contributed by atoms with Gasteiger partial charge in [0.05, 0.1) is 9.35 Å². The SMILES string of the molecule is NCC1CCCCC1NC(=O)c1csc(Br)c1. The summed E-state index contributed by atoms with van der Waals surface area (Å²) in [4.78, 5) is 12.0. The van der Waals surface area contributed by atoms with Crippen LogP contribution in [0.15, 0.2) is 15.2 Å². The predicted molar refractivity (Wildman–Crippen MR) is 74.3 cm³/mol. The zero-order valence-corrected chi connectivity index (χ0v) is 12.0. The van der Waals surface area contributed by atoms with Crippen molar-refractivity contribution >= 4 is 33.2 Å². The molecule has 1 aliphatic carbocycles. The van der Waals surface area contributed by atoms with Gasteiger partial charge in [-0.3, -0.25) is 4.79 Å². The Balaban J connectivity index is 1.97. The number of nitrogens with one attached hydrogen (secondary N) is 1. The van der Waals surface area contributed by atoms with E-state index in [1.165, 1.54) is 24.2 Å². The molecule has 0 radical (unpaired) electrons. The summed E-state index contributed by atoms with van der Waals surface area (Å²) in [6.07, 6.45) is 4.61. The van der Waals surface area contributed by atoms with E-state index in [0.29, 0.717) is 12.5 Å². The van der Waals surface area contributed by atoms with E-state index in [0.717, 1.165) is 22.2 Å². The Bertz CT molecular complexity index is 394. The lowest BCUT2D eigenvalue weighted by Gasteiger charge is -2.31. The van der Waals surface area contributed by atoms with Gasteiger partial charge in [-0.1, -0.05) is 12.8 Å². The van der Waals surface area contributed by atoms with Crippen molar-refractivity contribution in [3.8, 4) is 0 Å². The third-order valence-electron chi connectivity index (χ3n) is 3.36. The summed E-state index contributed by atoms with van der Waals surface area (Å²) in [5.41, 5.74) is 6.49. The molecular formula is C12H17BrN2OS. The number of amides is 1. The van der Waals surface area contributed by atoms with E-state index in [2.05, 4.69) is 21.2 Å². The molecule has 1 aromatic rings. The van der Waals surface area contributed by atoms with Gasteiger partial charge in [0.1, 0.15) is 0 Å². The second-order valence-corrected chi connectivity index (χ2v) is 6.79. The Morgan fingerprint density at radius 3 is 2.94 bits per heavy atom. The molecule has 3 N–H and O–H groups in total. The van der Waals surface area contributed by atoms with E-state index < -0.39 is 0 Å². The summed E-state index contributed by atoms with van der Waals surface area (Å²) >= 11 is 4.90. The minimum Gasteiger partial charge on any atom is -0.349 e. The van der Waals surface area contributed by atoms with Crippen LogP contribution in [0.2, 0.25) is 0 Å². The molecule has 1 aromatic heterocycles. The fraction of sp³-hybridized carbons (Fsp3) is 0.583. The molecule has 0 aliphatic heterocycles. The highest BCUT2D eigenvalue weighted by atomic mass is 79.9. The normalized spacial score (nSPS) is 24.6. The number of hydrogen-bond donors (Lipinski definition) is 2. The van der Waals surface area contributed by atoms with Crippen LogP contribution in [0.4, 0.5) is 0 Å². The first-order chi connectivity index (χ1) is 8.20. The van der Waals surface area contributed by atoms with Gasteiger partial charge in [-0.25, -0.2) is 0 Å². The first-order valence-electron chi connectivity index (χ1n) is 5.95. The van der Waals surface area contributed by atoms with Crippen molar-refractivity contribution in [3.05, 3.63) is 20.8 Å². The van der Waals surface area contributed by atoms with Crippen LogP contribution >= 0.6 is 27.3 Å². The Morgan fingerprint density at radius 2 is 2.29 bits per heavy atom. The molecule has 0 bridgehead atoms. The maximum absolute atomic E-state index is 12.0. The minimum atomic E-state index is 0.0253. The zero-order valence-electron chi connectivity index (χ0n) is 9.62. The molecule has 2 atom stereocenters. The van der Waals surface area contributed by atoms with Crippen LogP contribution in [-0.2, 0) is 0 Å². The third kappa shape index (κ3) is 3.30. The summed E-state index contributed by atoms with van der Waals surface area (Å²) < 4.78 is 0.988. The maximum atomic E-state index is 12.0. The van der Waals surface area contributed by atoms with E-state index in [-0.39, 0.29) is 11.9 Å². The average molecular weight is 317 g/mol. The average Bonchev–Trinajstić information content (AvgIpc) is 2.77. The molecule has 0 aromatic carbocycles. The van der Waals surface area contributed by atoms with Gasteiger partial charge in [0.25, 0.3) is 5.91 Å². The van der Waals surface area contributed by atoms with Gasteiger partial charge >= 0.3 is 0 Å². The van der Waals surface area contributed by atoms with E-state index in [1.807, 2.05) is 11.4 Å². The number of rotatable bonds is 3. The van der Waals surface area contributed by atoms with E-state index >= 15 is 0 Å². The minimum absolute atomic E-state index is 0.0253. The molecule has 0 saturated heterocycles. The highest BCUT2D eigenvalue weighted by molar-refractivity contribution is 9.11. The molecule has 3 nitrogen and oxygen atoms in total. The fourth-order valence-electron chi connectivity index (χ4n) is 2.36. The second kappa shape index (κ2) is 5.98. The second-order valence-electron chi connectivity index (χ2n) is 4.50. The van der Waals surface area contributed by atoms with E-state index in [9.17, 15) is 4.79 Å². The molecule has 1 aliphatic rings. The smallest absolute Gasteiger partial charge is 0.252 e. The Kier molecular flexibility index (Phi) is 4.59. The molecule has 0 spiro atoms. The van der Waals surface area contributed by atoms with Crippen LogP contribution in [0, 0.1) is 5.92 Å². The first kappa shape index (κ1) is 13.1. The lowest BCUT2D eigenvalue weighted by Crippen LogP contribution is -2.44. The van der Waals surface area contributed by atoms with Crippen molar-refractivity contribution in [1.82, 2.24) is 5.32 Å². The highest BCUT2D eigenvalue weighted by Gasteiger charge is 2.25. The molecule has 2 rings (SSSR count). The summed E-state index contributed by atoms with van der Waals surface area (Å²) in [5, 5.41) is 4.99. The lowest BCUT2D eigenvalue weighted by molar-refractivity contribution is 0.0908. The standard InChI is InChI=1S/C12H17BrN2OS/c13-11-5-9(7-17-11)12(16)15-10-4-2-1-3-8(10)6-14/h5,7-8,10H,1-4,6,14H2,(H,15,16). The van der Waals surface area contributed by atoms with Crippen molar-refractivity contribution in [1.29, 1.82) is 0 Å². The molecule has 1 saturated carbocycles. The van der Waals surface area contributed by atoms with Crippen LogP contribution in [-0.4, -0.2) is 18.5 Å². The number of hydrogen-bond acceptors (Lipinski definition) is 3. The molecule has 1 fully saturated rings. The van der Waals surface area contributed by atoms with E-state index in [4.69, 9.17) is 5.73 Å². The molecular weight excluding hydrogens is 300 g/mol. The molecule has 94 valence electrons. The number of nitrogens with two attached hydrogens (primary N) is 1. The van der Waals surface area contributed by atoms with Crippen LogP contribution in [0.5, 0.6) is 0 Å². The van der Waals surface area contributed by atoms with Gasteiger partial charge in [0.15, 0.2) is 0 Å². The third-order valence-corrected chi connectivity index (χ3v) is 4.86. The number of thiophene rings is 1. The summed E-state index contributed by atoms with van der Waals surface area (Å²) in [5.74, 6) is 0.465. The maximum Gasteiger partial charge on any atom is 0.252 e. The summed E-state index contributed by atoms with van der Waals surface area (Å²) in [7, 11) is 0. The highest BCUT2D eigenvalue weighted by Crippen LogP contribution is 2.25. The predicted octanol–water partition coefficient (Wildman–Crippen LogP) is 2.76. The molecule has 2 unspecified atom stereocenters. The van der Waals surface area contributed by atoms with Crippen molar-refractivity contribution in [2.75, 3.05) is 6.54 Å². The van der Waals surface area contributed by atoms with Crippen molar-refractivity contribution in [2.45, 2.75) is 31.7 Å². The summed E-state index contributed by atoms with van der Waals surface area (Å²) in [6.45, 7) is 0.665. The van der Waals surface area contributed by atoms with Gasteiger partial charge in [0.2, 0.25) is 0 Å². The number of halogens is 1. The van der Waals surface area contributed by atoms with Crippen molar-refractivity contribution < 1.29 is 4.79 Å². The molecule has 1 heterocycles. The Hall–Kier alpha value is -0.390. The van der Waals surface area contributed by atoms with Gasteiger partial charge in [-0.05, 0) is 47.3 Å². The van der Waals surface area contributed by atoms with Gasteiger partial charge in [0, 0.05) is 11.4 Å². The first-order valence-corrected chi connectivity index (χ1v) is 7.63. The topological polar surface area (TPSA) is 55.1 Å². The quantitative estimate of drug-likeness (QED) is 0.901. The van der Waals surface area contributed by atoms with Crippen LogP contribution in [0.1, 0.15) is 36.0 Å². The van der Waals surface area contributed by atoms with E-state index in [1.54, 1.807) is 0 Å².